The maximum atomic E-state index is 12.1. The summed E-state index contributed by atoms with van der Waals surface area (Å²) in [5, 5.41) is 20.2. The first kappa shape index (κ1) is 15.1. The lowest BCUT2D eigenvalue weighted by Gasteiger charge is -2.45. The summed E-state index contributed by atoms with van der Waals surface area (Å²) in [6.07, 6.45) is 3.17. The van der Waals surface area contributed by atoms with Crippen LogP contribution in [-0.4, -0.2) is 77.4 Å². The number of likely N-dealkylation sites (tertiary alicyclic amines) is 2. The van der Waals surface area contributed by atoms with Crippen LogP contribution in [0.3, 0.4) is 0 Å². The molecule has 2 fully saturated rings. The average Bonchev–Trinajstić information content (AvgIpc) is 2.44. The van der Waals surface area contributed by atoms with Crippen LogP contribution in [0.15, 0.2) is 0 Å². The van der Waals surface area contributed by atoms with Crippen molar-refractivity contribution in [1.82, 2.24) is 15.1 Å². The van der Waals surface area contributed by atoms with Gasteiger partial charge in [-0.15, -0.1) is 0 Å². The minimum atomic E-state index is -1.23. The molecule has 0 bridgehead atoms. The minimum absolute atomic E-state index is 0.391. The number of carboxylic acids is 1. The molecule has 3 N–H and O–H groups in total. The Labute approximate surface area is 118 Å². The van der Waals surface area contributed by atoms with Gasteiger partial charge in [-0.25, -0.2) is 9.59 Å². The van der Waals surface area contributed by atoms with Crippen molar-refractivity contribution in [2.75, 3.05) is 33.3 Å². The predicted octanol–water partition coefficient (Wildman–Crippen LogP) is -0.442. The number of aliphatic hydroxyl groups is 1. The molecule has 2 aliphatic heterocycles. The molecule has 0 aromatic heterocycles. The number of rotatable bonds is 3. The van der Waals surface area contributed by atoms with Crippen LogP contribution in [0.2, 0.25) is 0 Å². The van der Waals surface area contributed by atoms with Crippen molar-refractivity contribution >= 4 is 12.0 Å². The van der Waals surface area contributed by atoms with Gasteiger partial charge in [-0.1, -0.05) is 0 Å². The second-order valence-electron chi connectivity index (χ2n) is 5.71. The van der Waals surface area contributed by atoms with Crippen LogP contribution in [0.25, 0.3) is 0 Å². The second-order valence-corrected chi connectivity index (χ2v) is 5.71. The van der Waals surface area contributed by atoms with Crippen molar-refractivity contribution < 1.29 is 19.8 Å². The monoisotopic (exact) mass is 285 g/mol. The molecule has 7 heteroatoms. The Hall–Kier alpha value is -1.34. The lowest BCUT2D eigenvalue weighted by atomic mass is 9.84. The first-order valence-corrected chi connectivity index (χ1v) is 7.12. The molecule has 7 nitrogen and oxygen atoms in total. The number of amides is 2. The molecular formula is C13H23N3O4. The number of urea groups is 1. The number of carbonyl (C=O) groups is 2. The van der Waals surface area contributed by atoms with Crippen LogP contribution >= 0.6 is 0 Å². The highest BCUT2D eigenvalue weighted by Crippen LogP contribution is 2.29. The molecule has 114 valence electrons. The first-order chi connectivity index (χ1) is 9.52. The molecular weight excluding hydrogens is 262 g/mol. The second kappa shape index (κ2) is 6.41. The van der Waals surface area contributed by atoms with Crippen LogP contribution in [-0.2, 0) is 4.79 Å². The summed E-state index contributed by atoms with van der Waals surface area (Å²) in [5.74, 6) is -0.751. The molecule has 2 rings (SSSR count). The average molecular weight is 285 g/mol. The summed E-state index contributed by atoms with van der Waals surface area (Å²) in [5.41, 5.74) is 0. The highest BCUT2D eigenvalue weighted by atomic mass is 16.4. The van der Waals surface area contributed by atoms with Gasteiger partial charge in [-0.05, 0) is 38.8 Å². The Morgan fingerprint density at radius 1 is 1.35 bits per heavy atom. The normalized spacial score (nSPS) is 28.6. The van der Waals surface area contributed by atoms with Crippen molar-refractivity contribution in [1.29, 1.82) is 0 Å². The summed E-state index contributed by atoms with van der Waals surface area (Å²) in [6, 6.07) is -1.09. The molecule has 2 saturated heterocycles. The number of hydrogen-bond donors (Lipinski definition) is 3. The number of aliphatic carboxylic acids is 1. The van der Waals surface area contributed by atoms with E-state index in [4.69, 9.17) is 10.2 Å². The Bertz CT molecular complexity index is 377. The van der Waals surface area contributed by atoms with Crippen molar-refractivity contribution in [3.63, 3.8) is 0 Å². The summed E-state index contributed by atoms with van der Waals surface area (Å²) >= 11 is 0. The number of nitrogens with one attached hydrogen (secondary N) is 1. The maximum Gasteiger partial charge on any atom is 0.328 e. The molecule has 2 amide bonds. The Kier molecular flexibility index (Phi) is 4.82. The molecule has 2 heterocycles. The van der Waals surface area contributed by atoms with Gasteiger partial charge in [-0.2, -0.15) is 0 Å². The quantitative estimate of drug-likeness (QED) is 0.653. The Morgan fingerprint density at radius 2 is 2.10 bits per heavy atom. The highest BCUT2D eigenvalue weighted by molar-refractivity contribution is 5.82. The van der Waals surface area contributed by atoms with Crippen molar-refractivity contribution in [2.45, 2.75) is 31.3 Å². The Morgan fingerprint density at radius 3 is 2.75 bits per heavy atom. The fraction of sp³-hybridized carbons (Fsp3) is 0.846. The highest BCUT2D eigenvalue weighted by Gasteiger charge is 2.36. The van der Waals surface area contributed by atoms with E-state index < -0.39 is 24.6 Å². The minimum Gasteiger partial charge on any atom is -0.480 e. The SMILES string of the molecule is CN1CCCC2CN(C(=O)N[C@H](CO)C(=O)O)CCC21. The molecule has 0 radical (unpaired) electrons. The third kappa shape index (κ3) is 3.21. The standard InChI is InChI=1S/C13H23N3O4/c1-15-5-2-3-9-7-16(6-4-11(9)15)13(20)14-10(8-17)12(18)19/h9-11,17H,2-8H2,1H3,(H,14,20)(H,18,19)/t9?,10-,11?/m1/s1. The van der Waals surface area contributed by atoms with Crippen LogP contribution < -0.4 is 5.32 Å². The number of fused-ring (bicyclic) bond motifs is 1. The summed E-state index contributed by atoms with van der Waals surface area (Å²) in [7, 11) is 2.12. The largest absolute Gasteiger partial charge is 0.480 e. The molecule has 0 aromatic carbocycles. The number of carbonyl (C=O) groups excluding carboxylic acids is 1. The molecule has 0 aliphatic carbocycles. The van der Waals surface area contributed by atoms with E-state index in [0.29, 0.717) is 25.0 Å². The van der Waals surface area contributed by atoms with E-state index in [0.717, 1.165) is 25.8 Å². The molecule has 3 atom stereocenters. The first-order valence-electron chi connectivity index (χ1n) is 7.12. The lowest BCUT2D eigenvalue weighted by molar-refractivity contribution is -0.140. The summed E-state index contributed by atoms with van der Waals surface area (Å²) in [6.45, 7) is 1.82. The molecule has 0 aromatic rings. The zero-order valence-corrected chi connectivity index (χ0v) is 11.8. The van der Waals surface area contributed by atoms with Crippen LogP contribution in [0.5, 0.6) is 0 Å². The van der Waals surface area contributed by atoms with E-state index in [9.17, 15) is 9.59 Å². The van der Waals surface area contributed by atoms with Gasteiger partial charge in [0.05, 0.1) is 6.61 Å². The van der Waals surface area contributed by atoms with Gasteiger partial charge in [0.25, 0.3) is 0 Å². The van der Waals surface area contributed by atoms with Gasteiger partial charge in [0, 0.05) is 19.1 Å². The van der Waals surface area contributed by atoms with Gasteiger partial charge in [0.2, 0.25) is 0 Å². The van der Waals surface area contributed by atoms with Crippen molar-refractivity contribution in [3.05, 3.63) is 0 Å². The van der Waals surface area contributed by atoms with Gasteiger partial charge in [0.15, 0.2) is 6.04 Å². The molecule has 0 spiro atoms. The van der Waals surface area contributed by atoms with Crippen LogP contribution in [0.1, 0.15) is 19.3 Å². The third-order valence-corrected chi connectivity index (χ3v) is 4.41. The molecule has 2 aliphatic rings. The lowest BCUT2D eigenvalue weighted by Crippen LogP contribution is -2.57. The number of piperidine rings is 2. The van der Waals surface area contributed by atoms with Gasteiger partial charge < -0.3 is 25.3 Å². The van der Waals surface area contributed by atoms with Crippen molar-refractivity contribution in [2.24, 2.45) is 5.92 Å². The number of nitrogens with zero attached hydrogens (tertiary/aromatic N) is 2. The molecule has 20 heavy (non-hydrogen) atoms. The van der Waals surface area contributed by atoms with Crippen molar-refractivity contribution in [3.8, 4) is 0 Å². The van der Waals surface area contributed by atoms with E-state index in [1.165, 1.54) is 0 Å². The zero-order valence-electron chi connectivity index (χ0n) is 11.8. The molecule has 0 saturated carbocycles. The van der Waals surface area contributed by atoms with E-state index in [2.05, 4.69) is 17.3 Å². The van der Waals surface area contributed by atoms with Gasteiger partial charge in [-0.3, -0.25) is 0 Å². The van der Waals surface area contributed by atoms with Gasteiger partial charge in [0.1, 0.15) is 0 Å². The van der Waals surface area contributed by atoms with E-state index in [1.54, 1.807) is 4.90 Å². The summed E-state index contributed by atoms with van der Waals surface area (Å²) < 4.78 is 0. The number of hydrogen-bond acceptors (Lipinski definition) is 4. The predicted molar refractivity (Wildman–Crippen MR) is 72.4 cm³/mol. The summed E-state index contributed by atoms with van der Waals surface area (Å²) in [4.78, 5) is 26.9. The number of carboxylic acid groups (broad SMARTS) is 1. The fourth-order valence-electron chi connectivity index (χ4n) is 3.26. The maximum absolute atomic E-state index is 12.1. The molecule has 2 unspecified atom stereocenters. The van der Waals surface area contributed by atoms with E-state index in [1.807, 2.05) is 0 Å². The Balaban J connectivity index is 1.91. The van der Waals surface area contributed by atoms with Gasteiger partial charge >= 0.3 is 12.0 Å². The van der Waals surface area contributed by atoms with Crippen LogP contribution in [0, 0.1) is 5.92 Å². The zero-order chi connectivity index (χ0) is 14.7. The van der Waals surface area contributed by atoms with E-state index >= 15 is 0 Å². The number of aliphatic hydroxyl groups excluding tert-OH is 1. The van der Waals surface area contributed by atoms with E-state index in [-0.39, 0.29) is 0 Å². The fourth-order valence-corrected chi connectivity index (χ4v) is 3.26. The van der Waals surface area contributed by atoms with Crippen LogP contribution in [0.4, 0.5) is 4.79 Å². The topological polar surface area (TPSA) is 93.1 Å². The smallest absolute Gasteiger partial charge is 0.328 e. The third-order valence-electron chi connectivity index (χ3n) is 4.41.